The van der Waals surface area contributed by atoms with Gasteiger partial charge in [-0.05, 0) is 37.0 Å². The van der Waals surface area contributed by atoms with Crippen molar-refractivity contribution in [3.8, 4) is 0 Å². The Morgan fingerprint density at radius 3 is 2.83 bits per heavy atom. The van der Waals surface area contributed by atoms with Crippen LogP contribution < -0.4 is 0 Å². The molecule has 0 amide bonds. The van der Waals surface area contributed by atoms with Crippen molar-refractivity contribution in [2.75, 3.05) is 6.61 Å². The van der Waals surface area contributed by atoms with Crippen LogP contribution in [0, 0.1) is 0 Å². The maximum Gasteiger partial charge on any atom is 0.166 e. The molecule has 4 rings (SSSR count). The second-order valence-corrected chi connectivity index (χ2v) is 7.14. The maximum atomic E-state index is 5.93. The van der Waals surface area contributed by atoms with Gasteiger partial charge in [0.05, 0.1) is 6.33 Å². The van der Waals surface area contributed by atoms with Gasteiger partial charge in [0.25, 0.3) is 0 Å². The van der Waals surface area contributed by atoms with E-state index < -0.39 is 0 Å². The van der Waals surface area contributed by atoms with Crippen molar-refractivity contribution in [1.82, 2.24) is 19.5 Å². The number of thioether (sulfide) groups is 1. The van der Waals surface area contributed by atoms with Crippen LogP contribution in [0.4, 0.5) is 0 Å². The third-order valence-electron chi connectivity index (χ3n) is 4.08. The van der Waals surface area contributed by atoms with Crippen LogP contribution >= 0.6 is 23.4 Å². The Morgan fingerprint density at radius 2 is 2.04 bits per heavy atom. The fourth-order valence-corrected chi connectivity index (χ4v) is 3.85. The summed E-state index contributed by atoms with van der Waals surface area (Å²) in [7, 11) is 0. The highest BCUT2D eigenvalue weighted by molar-refractivity contribution is 7.98. The van der Waals surface area contributed by atoms with Crippen LogP contribution in [0.1, 0.15) is 31.1 Å². The van der Waals surface area contributed by atoms with Crippen molar-refractivity contribution >= 4 is 34.5 Å². The zero-order valence-corrected chi connectivity index (χ0v) is 14.6. The van der Waals surface area contributed by atoms with Gasteiger partial charge in [0.15, 0.2) is 5.65 Å². The van der Waals surface area contributed by atoms with E-state index in [1.807, 2.05) is 35.2 Å². The molecule has 1 aromatic carbocycles. The molecular weight excluding hydrogens is 344 g/mol. The van der Waals surface area contributed by atoms with E-state index in [9.17, 15) is 0 Å². The monoisotopic (exact) mass is 360 g/mol. The molecule has 3 heterocycles. The lowest BCUT2D eigenvalue weighted by Gasteiger charge is -2.23. The van der Waals surface area contributed by atoms with Gasteiger partial charge < -0.3 is 4.74 Å². The minimum absolute atomic E-state index is 0.0350. The van der Waals surface area contributed by atoms with Gasteiger partial charge >= 0.3 is 0 Å². The first-order valence-corrected chi connectivity index (χ1v) is 9.34. The zero-order valence-electron chi connectivity index (χ0n) is 13.1. The number of halogens is 1. The molecule has 3 aromatic rings. The molecule has 1 fully saturated rings. The molecule has 0 radical (unpaired) electrons. The van der Waals surface area contributed by atoms with E-state index in [0.29, 0.717) is 0 Å². The van der Waals surface area contributed by atoms with Gasteiger partial charge in [-0.15, -0.1) is 0 Å². The van der Waals surface area contributed by atoms with E-state index in [1.165, 1.54) is 12.0 Å². The number of hydrogen-bond donors (Lipinski definition) is 0. The summed E-state index contributed by atoms with van der Waals surface area (Å²) in [6, 6.07) is 7.87. The molecule has 0 aliphatic carbocycles. The molecule has 0 spiro atoms. The Labute approximate surface area is 149 Å². The van der Waals surface area contributed by atoms with Crippen molar-refractivity contribution in [3.63, 3.8) is 0 Å². The Kier molecular flexibility index (Phi) is 4.69. The van der Waals surface area contributed by atoms with Gasteiger partial charge in [-0.25, -0.2) is 15.0 Å². The fraction of sp³-hybridized carbons (Fsp3) is 0.353. The molecule has 2 aromatic heterocycles. The Balaban J connectivity index is 1.57. The molecule has 5 nitrogen and oxygen atoms in total. The summed E-state index contributed by atoms with van der Waals surface area (Å²) in [5.41, 5.74) is 2.88. The molecular formula is C17H17ClN4OS. The van der Waals surface area contributed by atoms with Gasteiger partial charge in [-0.3, -0.25) is 4.57 Å². The molecule has 0 bridgehead atoms. The average molecular weight is 361 g/mol. The van der Waals surface area contributed by atoms with Gasteiger partial charge in [0.1, 0.15) is 23.1 Å². The summed E-state index contributed by atoms with van der Waals surface area (Å²) in [6.07, 6.45) is 6.76. The standard InChI is InChI=1S/C17H17ClN4OS/c18-13-6-4-12(5-7-13)9-24-17-15-16(19-10-20-17)22(11-21-15)14-3-1-2-8-23-14/h4-7,10-11,14H,1-3,8-9H2/t14-/m1/s1. The molecule has 1 aliphatic rings. The van der Waals surface area contributed by atoms with E-state index in [1.54, 1.807) is 18.1 Å². The van der Waals surface area contributed by atoms with Crippen molar-refractivity contribution in [2.24, 2.45) is 0 Å². The normalized spacial score (nSPS) is 18.1. The van der Waals surface area contributed by atoms with E-state index >= 15 is 0 Å². The van der Waals surface area contributed by atoms with Crippen LogP contribution in [0.3, 0.4) is 0 Å². The number of nitrogens with zero attached hydrogens (tertiary/aromatic N) is 4. The number of hydrogen-bond acceptors (Lipinski definition) is 5. The molecule has 0 unspecified atom stereocenters. The predicted molar refractivity (Wildman–Crippen MR) is 95.2 cm³/mol. The smallest absolute Gasteiger partial charge is 0.166 e. The minimum atomic E-state index is 0.0350. The van der Waals surface area contributed by atoms with Crippen LogP contribution in [0.15, 0.2) is 41.9 Å². The SMILES string of the molecule is Clc1ccc(CSc2ncnc3c2ncn3[C@H]2CCCCO2)cc1. The number of fused-ring (bicyclic) bond motifs is 1. The van der Waals surface area contributed by atoms with Crippen LogP contribution in [0.5, 0.6) is 0 Å². The average Bonchev–Trinajstić information content (AvgIpc) is 3.07. The van der Waals surface area contributed by atoms with E-state index in [-0.39, 0.29) is 6.23 Å². The minimum Gasteiger partial charge on any atom is -0.358 e. The van der Waals surface area contributed by atoms with E-state index in [4.69, 9.17) is 16.3 Å². The first kappa shape index (κ1) is 15.9. The Bertz CT molecular complexity index is 830. The maximum absolute atomic E-state index is 5.93. The zero-order chi connectivity index (χ0) is 16.4. The topological polar surface area (TPSA) is 52.8 Å². The second-order valence-electron chi connectivity index (χ2n) is 5.74. The van der Waals surface area contributed by atoms with Crippen molar-refractivity contribution in [2.45, 2.75) is 36.3 Å². The molecule has 1 aliphatic heterocycles. The lowest BCUT2D eigenvalue weighted by atomic mass is 10.2. The number of benzene rings is 1. The Morgan fingerprint density at radius 1 is 1.17 bits per heavy atom. The van der Waals surface area contributed by atoms with Crippen LogP contribution in [-0.4, -0.2) is 26.1 Å². The number of ether oxygens (including phenoxy) is 1. The lowest BCUT2D eigenvalue weighted by molar-refractivity contribution is -0.0298. The van der Waals surface area contributed by atoms with Crippen LogP contribution in [-0.2, 0) is 10.5 Å². The third kappa shape index (κ3) is 3.27. The molecule has 7 heteroatoms. The highest BCUT2D eigenvalue weighted by atomic mass is 35.5. The van der Waals surface area contributed by atoms with Gasteiger partial charge in [-0.1, -0.05) is 35.5 Å². The van der Waals surface area contributed by atoms with E-state index in [2.05, 4.69) is 15.0 Å². The van der Waals surface area contributed by atoms with Crippen LogP contribution in [0.2, 0.25) is 5.02 Å². The summed E-state index contributed by atoms with van der Waals surface area (Å²) in [5.74, 6) is 0.816. The highest BCUT2D eigenvalue weighted by Gasteiger charge is 2.20. The summed E-state index contributed by atoms with van der Waals surface area (Å²) in [4.78, 5) is 13.4. The highest BCUT2D eigenvalue weighted by Crippen LogP contribution is 2.30. The number of aromatic nitrogens is 4. The Hall–Kier alpha value is -1.63. The van der Waals surface area contributed by atoms with Gasteiger partial charge in [0, 0.05) is 17.4 Å². The fourth-order valence-electron chi connectivity index (χ4n) is 2.82. The molecule has 24 heavy (non-hydrogen) atoms. The van der Waals surface area contributed by atoms with Crippen LogP contribution in [0.25, 0.3) is 11.2 Å². The third-order valence-corrected chi connectivity index (χ3v) is 5.38. The second kappa shape index (κ2) is 7.09. The molecule has 1 atom stereocenters. The molecule has 0 saturated carbocycles. The number of imidazole rings is 1. The molecule has 0 N–H and O–H groups in total. The number of rotatable bonds is 4. The molecule has 124 valence electrons. The summed E-state index contributed by atoms with van der Waals surface area (Å²) >= 11 is 7.59. The summed E-state index contributed by atoms with van der Waals surface area (Å²) in [6.45, 7) is 0.799. The van der Waals surface area contributed by atoms with Gasteiger partial charge in [-0.2, -0.15) is 0 Å². The quantitative estimate of drug-likeness (QED) is 0.507. The largest absolute Gasteiger partial charge is 0.358 e. The van der Waals surface area contributed by atoms with Crippen molar-refractivity contribution < 1.29 is 4.74 Å². The first-order chi connectivity index (χ1) is 11.8. The van der Waals surface area contributed by atoms with E-state index in [0.717, 1.165) is 46.4 Å². The first-order valence-electron chi connectivity index (χ1n) is 7.97. The summed E-state index contributed by atoms with van der Waals surface area (Å²) in [5, 5.41) is 1.64. The van der Waals surface area contributed by atoms with Gasteiger partial charge in [0.2, 0.25) is 0 Å². The lowest BCUT2D eigenvalue weighted by Crippen LogP contribution is -2.17. The van der Waals surface area contributed by atoms with Crippen molar-refractivity contribution in [3.05, 3.63) is 47.5 Å². The summed E-state index contributed by atoms with van der Waals surface area (Å²) < 4.78 is 7.88. The molecule has 1 saturated heterocycles. The predicted octanol–water partition coefficient (Wildman–Crippen LogP) is 4.47. The van der Waals surface area contributed by atoms with Crippen molar-refractivity contribution in [1.29, 1.82) is 0 Å².